The van der Waals surface area contributed by atoms with Crippen molar-refractivity contribution in [3.63, 3.8) is 0 Å². The Balaban J connectivity index is 2.03. The second-order valence-corrected chi connectivity index (χ2v) is 5.76. The first-order valence-electron chi connectivity index (χ1n) is 8.03. The number of para-hydroxylation sites is 1. The number of carboxylic acids is 1. The summed E-state index contributed by atoms with van der Waals surface area (Å²) in [5.74, 6) is -1.75. The molecule has 5 heteroatoms. The summed E-state index contributed by atoms with van der Waals surface area (Å²) in [6.45, 7) is 0. The minimum absolute atomic E-state index is 0.00173. The Morgan fingerprint density at radius 2 is 1.52 bits per heavy atom. The molecule has 3 rings (SSSR count). The molecule has 2 aromatic carbocycles. The molecule has 1 N–H and O–H groups in total. The van der Waals surface area contributed by atoms with Crippen LogP contribution >= 0.6 is 0 Å². The highest BCUT2D eigenvalue weighted by Crippen LogP contribution is 2.29. The second-order valence-electron chi connectivity index (χ2n) is 5.76. The number of hydrogen-bond donors (Lipinski definition) is 1. The summed E-state index contributed by atoms with van der Waals surface area (Å²) in [6.07, 6.45) is 3.82. The van der Waals surface area contributed by atoms with Gasteiger partial charge < -0.3 is 5.11 Å². The van der Waals surface area contributed by atoms with Crippen molar-refractivity contribution in [3.8, 4) is 0 Å². The third-order valence-electron chi connectivity index (χ3n) is 4.05. The number of aliphatic carboxylic acids is 1. The van der Waals surface area contributed by atoms with Crippen molar-refractivity contribution < 1.29 is 19.5 Å². The largest absolute Gasteiger partial charge is 0.481 e. The standard InChI is InChI=1S/C20H17NO4/c22-18(10-5-11-19(23)24)21-17-9-4-2-7-15(17)13-12-14-6-1-3-8-16(14)20(21)25/h1-4,6-9,12-13H,5,10-11H2,(H,23,24)/b13-12-. The fourth-order valence-electron chi connectivity index (χ4n) is 2.83. The molecule has 0 saturated heterocycles. The van der Waals surface area contributed by atoms with Crippen LogP contribution < -0.4 is 4.90 Å². The van der Waals surface area contributed by atoms with E-state index in [1.54, 1.807) is 24.3 Å². The topological polar surface area (TPSA) is 74.7 Å². The molecular formula is C20H17NO4. The molecule has 1 aliphatic heterocycles. The number of rotatable bonds is 4. The maximum atomic E-state index is 13.0. The van der Waals surface area contributed by atoms with Gasteiger partial charge in [-0.3, -0.25) is 14.4 Å². The molecule has 5 nitrogen and oxygen atoms in total. The van der Waals surface area contributed by atoms with Crippen molar-refractivity contribution in [1.82, 2.24) is 0 Å². The summed E-state index contributed by atoms with van der Waals surface area (Å²) in [5.41, 5.74) is 2.46. The molecule has 0 spiro atoms. The van der Waals surface area contributed by atoms with E-state index in [-0.39, 0.29) is 19.3 Å². The molecule has 1 aliphatic rings. The number of hydrogen-bond acceptors (Lipinski definition) is 3. The van der Waals surface area contributed by atoms with Crippen LogP contribution in [0.15, 0.2) is 48.5 Å². The van der Waals surface area contributed by atoms with Crippen LogP contribution in [0.5, 0.6) is 0 Å². The van der Waals surface area contributed by atoms with Crippen LogP contribution in [-0.2, 0) is 9.59 Å². The summed E-state index contributed by atoms with van der Waals surface area (Å²) in [5, 5.41) is 8.76. The molecule has 0 aromatic heterocycles. The lowest BCUT2D eigenvalue weighted by Gasteiger charge is -2.25. The highest BCUT2D eigenvalue weighted by molar-refractivity contribution is 6.23. The van der Waals surface area contributed by atoms with E-state index in [0.29, 0.717) is 11.3 Å². The van der Waals surface area contributed by atoms with E-state index >= 15 is 0 Å². The fourth-order valence-corrected chi connectivity index (χ4v) is 2.83. The number of benzene rings is 2. The molecule has 0 saturated carbocycles. The Labute approximate surface area is 145 Å². The van der Waals surface area contributed by atoms with Gasteiger partial charge in [0, 0.05) is 18.4 Å². The van der Waals surface area contributed by atoms with Crippen molar-refractivity contribution >= 4 is 35.6 Å². The number of nitrogens with zero attached hydrogens (tertiary/aromatic N) is 1. The van der Waals surface area contributed by atoms with Gasteiger partial charge in [-0.25, -0.2) is 4.90 Å². The zero-order chi connectivity index (χ0) is 17.8. The van der Waals surface area contributed by atoms with E-state index in [1.807, 2.05) is 36.4 Å². The summed E-state index contributed by atoms with van der Waals surface area (Å²) >= 11 is 0. The van der Waals surface area contributed by atoms with E-state index in [2.05, 4.69) is 0 Å². The molecule has 0 radical (unpaired) electrons. The lowest BCUT2D eigenvalue weighted by Crippen LogP contribution is -2.38. The van der Waals surface area contributed by atoms with Crippen LogP contribution in [0, 0.1) is 0 Å². The van der Waals surface area contributed by atoms with Crippen LogP contribution in [0.4, 0.5) is 5.69 Å². The first kappa shape index (κ1) is 16.6. The zero-order valence-corrected chi connectivity index (χ0v) is 13.5. The molecule has 2 aromatic rings. The number of carbonyl (C=O) groups is 3. The second kappa shape index (κ2) is 7.13. The highest BCUT2D eigenvalue weighted by atomic mass is 16.4. The van der Waals surface area contributed by atoms with Crippen LogP contribution in [0.3, 0.4) is 0 Å². The van der Waals surface area contributed by atoms with Crippen LogP contribution in [0.2, 0.25) is 0 Å². The van der Waals surface area contributed by atoms with Crippen molar-refractivity contribution in [1.29, 1.82) is 0 Å². The van der Waals surface area contributed by atoms with E-state index in [4.69, 9.17) is 5.11 Å². The molecular weight excluding hydrogens is 318 g/mol. The van der Waals surface area contributed by atoms with Gasteiger partial charge in [-0.1, -0.05) is 48.6 Å². The van der Waals surface area contributed by atoms with Gasteiger partial charge in [-0.15, -0.1) is 0 Å². The quantitative estimate of drug-likeness (QED) is 0.926. The number of anilines is 1. The monoisotopic (exact) mass is 335 g/mol. The van der Waals surface area contributed by atoms with E-state index in [0.717, 1.165) is 11.1 Å². The van der Waals surface area contributed by atoms with Gasteiger partial charge in [0.25, 0.3) is 5.91 Å². The Bertz CT molecular complexity index is 870. The SMILES string of the molecule is O=C(O)CCCC(=O)N1C(=O)c2ccccc2/C=C\c2ccccc21. The molecule has 1 heterocycles. The Morgan fingerprint density at radius 1 is 0.880 bits per heavy atom. The normalized spacial score (nSPS) is 14.1. The summed E-state index contributed by atoms with van der Waals surface area (Å²) < 4.78 is 0. The van der Waals surface area contributed by atoms with Crippen molar-refractivity contribution in [2.45, 2.75) is 19.3 Å². The molecule has 0 aliphatic carbocycles. The number of carboxylic acid groups (broad SMARTS) is 1. The van der Waals surface area contributed by atoms with Gasteiger partial charge in [-0.2, -0.15) is 0 Å². The van der Waals surface area contributed by atoms with Gasteiger partial charge in [0.15, 0.2) is 0 Å². The van der Waals surface area contributed by atoms with Gasteiger partial charge in [0.2, 0.25) is 5.91 Å². The highest BCUT2D eigenvalue weighted by Gasteiger charge is 2.28. The molecule has 126 valence electrons. The molecule has 0 bridgehead atoms. The molecule has 0 unspecified atom stereocenters. The van der Waals surface area contributed by atoms with Crippen molar-refractivity contribution in [3.05, 3.63) is 65.2 Å². The van der Waals surface area contributed by atoms with Crippen LogP contribution in [0.1, 0.15) is 40.7 Å². The number of carbonyl (C=O) groups excluding carboxylic acids is 2. The van der Waals surface area contributed by atoms with E-state index in [9.17, 15) is 14.4 Å². The molecule has 25 heavy (non-hydrogen) atoms. The van der Waals surface area contributed by atoms with Gasteiger partial charge in [-0.05, 0) is 29.7 Å². The van der Waals surface area contributed by atoms with Gasteiger partial charge >= 0.3 is 5.97 Å². The summed E-state index contributed by atoms with van der Waals surface area (Å²) in [4.78, 5) is 37.6. The first-order valence-corrected chi connectivity index (χ1v) is 8.03. The first-order chi connectivity index (χ1) is 12.1. The average Bonchev–Trinajstić information content (AvgIpc) is 2.59. The minimum Gasteiger partial charge on any atom is -0.481 e. The maximum Gasteiger partial charge on any atom is 0.303 e. The summed E-state index contributed by atoms with van der Waals surface area (Å²) in [7, 11) is 0. The Kier molecular flexibility index (Phi) is 4.75. The predicted molar refractivity (Wildman–Crippen MR) is 95.1 cm³/mol. The third-order valence-corrected chi connectivity index (χ3v) is 4.05. The maximum absolute atomic E-state index is 13.0. The molecule has 0 fully saturated rings. The number of amides is 2. The smallest absolute Gasteiger partial charge is 0.303 e. The number of imide groups is 1. The van der Waals surface area contributed by atoms with Gasteiger partial charge in [0.1, 0.15) is 0 Å². The lowest BCUT2D eigenvalue weighted by molar-refractivity contribution is -0.137. The van der Waals surface area contributed by atoms with E-state index in [1.165, 1.54) is 4.90 Å². The average molecular weight is 335 g/mol. The summed E-state index contributed by atoms with van der Waals surface area (Å²) in [6, 6.07) is 14.3. The Morgan fingerprint density at radius 3 is 2.28 bits per heavy atom. The minimum atomic E-state index is -0.958. The van der Waals surface area contributed by atoms with Crippen LogP contribution in [0.25, 0.3) is 12.2 Å². The number of fused-ring (bicyclic) bond motifs is 2. The third kappa shape index (κ3) is 3.50. The zero-order valence-electron chi connectivity index (χ0n) is 13.5. The molecule has 0 atom stereocenters. The molecule has 2 amide bonds. The fraction of sp³-hybridized carbons (Fsp3) is 0.150. The predicted octanol–water partition coefficient (Wildman–Crippen LogP) is 3.60. The van der Waals surface area contributed by atoms with Gasteiger partial charge in [0.05, 0.1) is 5.69 Å². The van der Waals surface area contributed by atoms with Crippen molar-refractivity contribution in [2.24, 2.45) is 0 Å². The van der Waals surface area contributed by atoms with E-state index < -0.39 is 17.8 Å². The van der Waals surface area contributed by atoms with Crippen molar-refractivity contribution in [2.75, 3.05) is 4.90 Å². The van der Waals surface area contributed by atoms with Crippen LogP contribution in [-0.4, -0.2) is 22.9 Å². The lowest BCUT2D eigenvalue weighted by atomic mass is 10.00. The Hall–Kier alpha value is -3.21.